The molecule has 0 spiro atoms. The summed E-state index contributed by atoms with van der Waals surface area (Å²) in [4.78, 5) is 10.4. The van der Waals surface area contributed by atoms with E-state index in [2.05, 4.69) is 6.08 Å². The van der Waals surface area contributed by atoms with E-state index in [4.69, 9.17) is 14.6 Å². The lowest BCUT2D eigenvalue weighted by molar-refractivity contribution is -0.137. The summed E-state index contributed by atoms with van der Waals surface area (Å²) in [5, 5.41) is 17.8. The molecule has 0 aliphatic carbocycles. The second-order valence-electron chi connectivity index (χ2n) is 5.18. The van der Waals surface area contributed by atoms with E-state index in [1.165, 1.54) is 0 Å². The van der Waals surface area contributed by atoms with Gasteiger partial charge in [0.05, 0.1) is 19.8 Å². The van der Waals surface area contributed by atoms with Crippen LogP contribution >= 0.6 is 0 Å². The fourth-order valence-corrected chi connectivity index (χ4v) is 2.37. The summed E-state index contributed by atoms with van der Waals surface area (Å²) < 4.78 is 10.9. The molecule has 0 radical (unpaired) electrons. The van der Waals surface area contributed by atoms with Crippen LogP contribution in [0.15, 0.2) is 24.0 Å². The predicted octanol–water partition coefficient (Wildman–Crippen LogP) is 2.36. The van der Waals surface area contributed by atoms with Gasteiger partial charge in [0.15, 0.2) is 0 Å². The highest BCUT2D eigenvalue weighted by Crippen LogP contribution is 2.26. The van der Waals surface area contributed by atoms with Crippen LogP contribution in [0.5, 0.6) is 0 Å². The normalized spacial score (nSPS) is 22.9. The van der Waals surface area contributed by atoms with E-state index in [0.29, 0.717) is 37.9 Å². The second-order valence-corrected chi connectivity index (χ2v) is 5.18. The van der Waals surface area contributed by atoms with Crippen LogP contribution in [0.2, 0.25) is 0 Å². The quantitative estimate of drug-likeness (QED) is 0.368. The molecule has 1 saturated heterocycles. The van der Waals surface area contributed by atoms with Crippen LogP contribution in [0.3, 0.4) is 0 Å². The molecule has 1 aliphatic rings. The van der Waals surface area contributed by atoms with Gasteiger partial charge in [0.25, 0.3) is 0 Å². The number of unbranched alkanes of at least 4 members (excludes halogenated alkanes) is 1. The molecule has 0 aromatic heterocycles. The highest BCUT2D eigenvalue weighted by molar-refractivity contribution is 5.66. The average Bonchev–Trinajstić information content (AvgIpc) is 2.89. The van der Waals surface area contributed by atoms with E-state index in [-0.39, 0.29) is 18.9 Å². The molecule has 1 heterocycles. The molecule has 0 saturated carbocycles. The summed E-state index contributed by atoms with van der Waals surface area (Å²) >= 11 is 0. The van der Waals surface area contributed by atoms with Gasteiger partial charge in [0.1, 0.15) is 12.4 Å². The molecule has 2 N–H and O–H groups in total. The smallest absolute Gasteiger partial charge is 0.303 e. The number of carboxylic acids is 1. The summed E-state index contributed by atoms with van der Waals surface area (Å²) in [5.41, 5.74) is 0. The third-order valence-corrected chi connectivity index (χ3v) is 3.50. The van der Waals surface area contributed by atoms with Gasteiger partial charge in [-0.15, -0.1) is 0 Å². The third-order valence-electron chi connectivity index (χ3n) is 3.50. The fourth-order valence-electron chi connectivity index (χ4n) is 2.37. The summed E-state index contributed by atoms with van der Waals surface area (Å²) in [6.45, 7) is 3.74. The molecule has 5 nitrogen and oxygen atoms in total. The van der Waals surface area contributed by atoms with Crippen molar-refractivity contribution in [2.24, 2.45) is 11.8 Å². The van der Waals surface area contributed by atoms with Crippen LogP contribution in [-0.2, 0) is 14.3 Å². The van der Waals surface area contributed by atoms with E-state index >= 15 is 0 Å². The van der Waals surface area contributed by atoms with Crippen molar-refractivity contribution >= 4 is 5.97 Å². The molecular weight excluding hydrogens is 272 g/mol. The molecule has 5 heteroatoms. The maximum absolute atomic E-state index is 10.4. The van der Waals surface area contributed by atoms with Gasteiger partial charge in [-0.25, -0.2) is 0 Å². The summed E-state index contributed by atoms with van der Waals surface area (Å²) in [5.74, 6) is 0.527. The minimum atomic E-state index is -0.745. The monoisotopic (exact) mass is 298 g/mol. The first-order valence-corrected chi connectivity index (χ1v) is 7.56. The number of hydrogen-bond donors (Lipinski definition) is 2. The molecule has 120 valence electrons. The van der Waals surface area contributed by atoms with Crippen LogP contribution in [0.1, 0.15) is 32.6 Å². The molecule has 0 unspecified atom stereocenters. The number of carbonyl (C=O) groups is 1. The van der Waals surface area contributed by atoms with Gasteiger partial charge in [-0.05, 0) is 38.2 Å². The largest absolute Gasteiger partial charge is 0.496 e. The Morgan fingerprint density at radius 1 is 1.38 bits per heavy atom. The lowest BCUT2D eigenvalue weighted by Crippen LogP contribution is -2.11. The average molecular weight is 298 g/mol. The number of ether oxygens (including phenoxy) is 2. The topological polar surface area (TPSA) is 76.0 Å². The zero-order chi connectivity index (χ0) is 15.5. The van der Waals surface area contributed by atoms with E-state index in [1.54, 1.807) is 0 Å². The third kappa shape index (κ3) is 7.29. The van der Waals surface area contributed by atoms with Crippen molar-refractivity contribution in [2.45, 2.75) is 32.6 Å². The molecule has 1 rings (SSSR count). The Labute approximate surface area is 126 Å². The van der Waals surface area contributed by atoms with Crippen LogP contribution < -0.4 is 0 Å². The van der Waals surface area contributed by atoms with E-state index in [1.807, 2.05) is 19.1 Å². The van der Waals surface area contributed by atoms with Crippen LogP contribution in [-0.4, -0.2) is 42.6 Å². The minimum Gasteiger partial charge on any atom is -0.496 e. The van der Waals surface area contributed by atoms with E-state index < -0.39 is 5.97 Å². The van der Waals surface area contributed by atoms with Crippen LogP contribution in [0.25, 0.3) is 0 Å². The summed E-state index contributed by atoms with van der Waals surface area (Å²) in [6, 6.07) is 0. The van der Waals surface area contributed by atoms with Crippen LogP contribution in [0, 0.1) is 11.8 Å². The Balaban J connectivity index is 2.36. The predicted molar refractivity (Wildman–Crippen MR) is 79.8 cm³/mol. The molecule has 0 bridgehead atoms. The Morgan fingerprint density at radius 2 is 2.19 bits per heavy atom. The van der Waals surface area contributed by atoms with Gasteiger partial charge < -0.3 is 19.7 Å². The molecule has 0 amide bonds. The molecular formula is C16H26O5. The Morgan fingerprint density at radius 3 is 2.86 bits per heavy atom. The Kier molecular flexibility index (Phi) is 8.78. The lowest BCUT2D eigenvalue weighted by Gasteiger charge is -2.14. The number of hydrogen-bond acceptors (Lipinski definition) is 4. The zero-order valence-corrected chi connectivity index (χ0v) is 12.7. The van der Waals surface area contributed by atoms with Crippen molar-refractivity contribution in [1.82, 2.24) is 0 Å². The highest BCUT2D eigenvalue weighted by atomic mass is 16.5. The maximum atomic E-state index is 10.4. The first-order chi connectivity index (χ1) is 10.2. The number of aliphatic carboxylic acids is 1. The van der Waals surface area contributed by atoms with Crippen molar-refractivity contribution in [2.75, 3.05) is 26.4 Å². The van der Waals surface area contributed by atoms with Gasteiger partial charge in [-0.1, -0.05) is 12.2 Å². The van der Waals surface area contributed by atoms with Gasteiger partial charge in [0.2, 0.25) is 0 Å². The van der Waals surface area contributed by atoms with Crippen molar-refractivity contribution < 1.29 is 24.5 Å². The van der Waals surface area contributed by atoms with Gasteiger partial charge >= 0.3 is 5.97 Å². The Hall–Kier alpha value is -1.33. The molecule has 0 aromatic rings. The van der Waals surface area contributed by atoms with Crippen molar-refractivity contribution in [3.05, 3.63) is 24.0 Å². The number of aliphatic hydroxyl groups is 1. The first-order valence-electron chi connectivity index (χ1n) is 7.56. The van der Waals surface area contributed by atoms with Crippen molar-refractivity contribution in [1.29, 1.82) is 0 Å². The van der Waals surface area contributed by atoms with E-state index in [9.17, 15) is 9.90 Å². The molecule has 0 aromatic carbocycles. The van der Waals surface area contributed by atoms with Gasteiger partial charge in [-0.3, -0.25) is 4.79 Å². The summed E-state index contributed by atoms with van der Waals surface area (Å²) in [6.07, 6.45) is 8.70. The molecule has 1 fully saturated rings. The first kappa shape index (κ1) is 17.7. The SMILES string of the molecule is CCOC(=C[C@@H]1COC[C@@H]1CC=CCCCC(=O)O)CO. The number of aliphatic hydroxyl groups excluding tert-OH is 1. The summed E-state index contributed by atoms with van der Waals surface area (Å²) in [7, 11) is 0. The number of rotatable bonds is 10. The molecule has 1 aliphatic heterocycles. The zero-order valence-electron chi connectivity index (χ0n) is 12.7. The standard InChI is InChI=1S/C16H26O5/c1-2-21-15(10-17)9-14-12-20-11-13(14)7-5-3-4-6-8-16(18)19/h3,5,9,13-14,17H,2,4,6-8,10-12H2,1H3,(H,18,19)/t13-,14+/m0/s1. The fraction of sp³-hybridized carbons (Fsp3) is 0.688. The number of carboxylic acid groups (broad SMARTS) is 1. The van der Waals surface area contributed by atoms with Gasteiger partial charge in [-0.2, -0.15) is 0 Å². The molecule has 21 heavy (non-hydrogen) atoms. The van der Waals surface area contributed by atoms with Crippen LogP contribution in [0.4, 0.5) is 0 Å². The van der Waals surface area contributed by atoms with E-state index in [0.717, 1.165) is 12.8 Å². The molecule has 2 atom stereocenters. The van der Waals surface area contributed by atoms with Gasteiger partial charge in [0, 0.05) is 12.3 Å². The number of allylic oxidation sites excluding steroid dienone is 2. The lowest BCUT2D eigenvalue weighted by atomic mass is 9.92. The highest BCUT2D eigenvalue weighted by Gasteiger charge is 2.26. The van der Waals surface area contributed by atoms with Crippen molar-refractivity contribution in [3.8, 4) is 0 Å². The maximum Gasteiger partial charge on any atom is 0.303 e. The minimum absolute atomic E-state index is 0.0813. The second kappa shape index (κ2) is 10.4. The van der Waals surface area contributed by atoms with Crippen molar-refractivity contribution in [3.63, 3.8) is 0 Å². The Bertz CT molecular complexity index is 362.